The van der Waals surface area contributed by atoms with Crippen molar-refractivity contribution in [2.24, 2.45) is 0 Å². The fourth-order valence-corrected chi connectivity index (χ4v) is 4.03. The van der Waals surface area contributed by atoms with Crippen LogP contribution in [0.2, 0.25) is 0 Å². The average molecular weight is 495 g/mol. The summed E-state index contributed by atoms with van der Waals surface area (Å²) in [5, 5.41) is 22.3. The lowest BCUT2D eigenvalue weighted by atomic mass is 10.0. The van der Waals surface area contributed by atoms with E-state index in [0.717, 1.165) is 47.5 Å². The molecule has 5 rings (SSSR count). The first-order valence-corrected chi connectivity index (χ1v) is 12.1. The van der Waals surface area contributed by atoms with E-state index in [1.807, 2.05) is 18.3 Å². The maximum absolute atomic E-state index is 11.7. The number of tetrazole rings is 1. The molecule has 37 heavy (non-hydrogen) atoms. The number of esters is 1. The molecule has 0 fully saturated rings. The van der Waals surface area contributed by atoms with Crippen LogP contribution in [0.1, 0.15) is 41.6 Å². The van der Waals surface area contributed by atoms with Gasteiger partial charge in [0, 0.05) is 24.7 Å². The zero-order chi connectivity index (χ0) is 25.6. The van der Waals surface area contributed by atoms with Crippen molar-refractivity contribution in [2.75, 3.05) is 7.11 Å². The zero-order valence-electron chi connectivity index (χ0n) is 20.6. The van der Waals surface area contributed by atoms with Gasteiger partial charge in [0.15, 0.2) is 5.69 Å². The fourth-order valence-electron chi connectivity index (χ4n) is 4.03. The van der Waals surface area contributed by atoms with Crippen LogP contribution in [0.25, 0.3) is 33.9 Å². The molecule has 0 unspecified atom stereocenters. The Hall–Kier alpha value is -4.73. The minimum absolute atomic E-state index is 0.168. The molecule has 0 spiro atoms. The third-order valence-corrected chi connectivity index (χ3v) is 6.06. The predicted octanol–water partition coefficient (Wildman–Crippen LogP) is 4.36. The summed E-state index contributed by atoms with van der Waals surface area (Å²) < 4.78 is 6.87. The summed E-state index contributed by atoms with van der Waals surface area (Å²) >= 11 is 0. The quantitative estimate of drug-likeness (QED) is 0.300. The fraction of sp³-hybridized carbons (Fsp3) is 0.222. The lowest BCUT2D eigenvalue weighted by Crippen LogP contribution is -2.05. The lowest BCUT2D eigenvalue weighted by molar-refractivity contribution is 0.0592. The molecule has 10 heteroatoms. The second kappa shape index (κ2) is 10.9. The number of unbranched alkanes of at least 4 members (excludes halogenated alkanes) is 1. The van der Waals surface area contributed by atoms with Crippen LogP contribution < -0.4 is 0 Å². The van der Waals surface area contributed by atoms with E-state index in [0.29, 0.717) is 18.1 Å². The van der Waals surface area contributed by atoms with Crippen molar-refractivity contribution in [1.82, 2.24) is 40.4 Å². The SMILES string of the molecule is CCCCc1nc(-c2ccc(C(=O)OC)nn2)cn1Cc1ccc(-c2ccc(-c3nn[nH]n3)cc2)cc1. The number of aromatic nitrogens is 8. The number of nitrogens with zero attached hydrogens (tertiary/aromatic N) is 7. The number of rotatable bonds is 9. The highest BCUT2D eigenvalue weighted by molar-refractivity contribution is 5.87. The Morgan fingerprint density at radius 1 is 0.892 bits per heavy atom. The molecule has 0 radical (unpaired) electrons. The van der Waals surface area contributed by atoms with Gasteiger partial charge in [-0.15, -0.1) is 20.4 Å². The molecular weight excluding hydrogens is 468 g/mol. The summed E-state index contributed by atoms with van der Waals surface area (Å²) in [4.78, 5) is 16.5. The Labute approximate surface area is 213 Å². The summed E-state index contributed by atoms with van der Waals surface area (Å²) in [6, 6.07) is 20.0. The van der Waals surface area contributed by atoms with Crippen LogP contribution in [-0.2, 0) is 17.7 Å². The smallest absolute Gasteiger partial charge is 0.358 e. The van der Waals surface area contributed by atoms with E-state index in [4.69, 9.17) is 9.72 Å². The average Bonchev–Trinajstić information content (AvgIpc) is 3.63. The minimum Gasteiger partial charge on any atom is -0.464 e. The monoisotopic (exact) mass is 494 g/mol. The van der Waals surface area contributed by atoms with Gasteiger partial charge in [0.1, 0.15) is 17.2 Å². The first-order chi connectivity index (χ1) is 18.1. The van der Waals surface area contributed by atoms with Gasteiger partial charge in [0.2, 0.25) is 5.82 Å². The number of carbonyl (C=O) groups excluding carboxylic acids is 1. The molecule has 0 bridgehead atoms. The molecular formula is C27H26N8O2. The second-order valence-electron chi connectivity index (χ2n) is 8.58. The maximum Gasteiger partial charge on any atom is 0.358 e. The first kappa shape index (κ1) is 24.0. The van der Waals surface area contributed by atoms with Crippen molar-refractivity contribution in [2.45, 2.75) is 32.7 Å². The van der Waals surface area contributed by atoms with Gasteiger partial charge >= 0.3 is 5.97 Å². The number of ether oxygens (including phenoxy) is 1. The number of benzene rings is 2. The minimum atomic E-state index is -0.514. The number of hydrogen-bond donors (Lipinski definition) is 1. The van der Waals surface area contributed by atoms with Crippen LogP contribution in [0.5, 0.6) is 0 Å². The standard InChI is InChI=1S/C27H26N8O2/c1-3-4-5-25-28-24(22-14-15-23(30-29-22)27(36)37-2)17-35(25)16-18-6-8-19(9-7-18)20-10-12-21(13-11-20)26-31-33-34-32-26/h6-15,17H,3-5,16H2,1-2H3,(H,31,32,33,34). The summed E-state index contributed by atoms with van der Waals surface area (Å²) in [5.74, 6) is 1.06. The molecule has 10 nitrogen and oxygen atoms in total. The summed E-state index contributed by atoms with van der Waals surface area (Å²) in [7, 11) is 1.32. The second-order valence-corrected chi connectivity index (χ2v) is 8.58. The highest BCUT2D eigenvalue weighted by Gasteiger charge is 2.14. The molecule has 0 aliphatic carbocycles. The largest absolute Gasteiger partial charge is 0.464 e. The van der Waals surface area contributed by atoms with Crippen LogP contribution in [0.15, 0.2) is 66.9 Å². The van der Waals surface area contributed by atoms with Gasteiger partial charge in [-0.3, -0.25) is 0 Å². The van der Waals surface area contributed by atoms with Gasteiger partial charge in [0.05, 0.1) is 7.11 Å². The molecule has 0 aliphatic heterocycles. The van der Waals surface area contributed by atoms with Crippen molar-refractivity contribution >= 4 is 5.97 Å². The van der Waals surface area contributed by atoms with Gasteiger partial charge in [-0.1, -0.05) is 61.9 Å². The number of imidazole rings is 1. The van der Waals surface area contributed by atoms with Crippen molar-refractivity contribution < 1.29 is 9.53 Å². The van der Waals surface area contributed by atoms with Crippen molar-refractivity contribution in [3.8, 4) is 33.9 Å². The van der Waals surface area contributed by atoms with Gasteiger partial charge in [-0.25, -0.2) is 9.78 Å². The van der Waals surface area contributed by atoms with E-state index in [2.05, 4.69) is 78.7 Å². The van der Waals surface area contributed by atoms with E-state index in [9.17, 15) is 4.79 Å². The Bertz CT molecular complexity index is 1460. The molecule has 0 atom stereocenters. The molecule has 3 aromatic heterocycles. The summed E-state index contributed by atoms with van der Waals surface area (Å²) in [6.45, 7) is 2.86. The number of aromatic amines is 1. The van der Waals surface area contributed by atoms with Crippen LogP contribution in [0.4, 0.5) is 0 Å². The van der Waals surface area contributed by atoms with E-state index in [1.54, 1.807) is 12.1 Å². The van der Waals surface area contributed by atoms with Gasteiger partial charge in [0.25, 0.3) is 0 Å². The van der Waals surface area contributed by atoms with Crippen molar-refractivity contribution in [3.63, 3.8) is 0 Å². The number of nitrogens with one attached hydrogen (secondary N) is 1. The van der Waals surface area contributed by atoms with E-state index in [-0.39, 0.29) is 5.69 Å². The Balaban J connectivity index is 1.34. The molecule has 0 amide bonds. The number of aryl methyl sites for hydroxylation is 1. The number of methoxy groups -OCH3 is 1. The zero-order valence-corrected chi connectivity index (χ0v) is 20.6. The van der Waals surface area contributed by atoms with E-state index >= 15 is 0 Å². The summed E-state index contributed by atoms with van der Waals surface area (Å²) in [6.07, 6.45) is 4.99. The molecule has 0 aliphatic rings. The third-order valence-electron chi connectivity index (χ3n) is 6.06. The number of H-pyrrole nitrogens is 1. The summed E-state index contributed by atoms with van der Waals surface area (Å²) in [5.41, 5.74) is 5.83. The van der Waals surface area contributed by atoms with Crippen molar-refractivity contribution in [1.29, 1.82) is 0 Å². The maximum atomic E-state index is 11.7. The molecule has 0 saturated carbocycles. The first-order valence-electron chi connectivity index (χ1n) is 12.1. The molecule has 5 aromatic rings. The Morgan fingerprint density at radius 2 is 1.62 bits per heavy atom. The molecule has 186 valence electrons. The molecule has 2 aromatic carbocycles. The van der Waals surface area contributed by atoms with Gasteiger partial charge in [-0.05, 0) is 40.5 Å². The van der Waals surface area contributed by atoms with Crippen LogP contribution in [0, 0.1) is 0 Å². The molecule has 1 N–H and O–H groups in total. The van der Waals surface area contributed by atoms with Crippen LogP contribution in [-0.4, -0.2) is 53.5 Å². The van der Waals surface area contributed by atoms with Crippen molar-refractivity contribution in [3.05, 3.63) is 83.9 Å². The van der Waals surface area contributed by atoms with E-state index in [1.165, 1.54) is 12.7 Å². The molecule has 0 saturated heterocycles. The number of carbonyl (C=O) groups is 1. The van der Waals surface area contributed by atoms with Crippen LogP contribution >= 0.6 is 0 Å². The topological polar surface area (TPSA) is 124 Å². The highest BCUT2D eigenvalue weighted by atomic mass is 16.5. The highest BCUT2D eigenvalue weighted by Crippen LogP contribution is 2.24. The van der Waals surface area contributed by atoms with E-state index < -0.39 is 5.97 Å². The van der Waals surface area contributed by atoms with Gasteiger partial charge in [-0.2, -0.15) is 5.21 Å². The number of hydrogen-bond acceptors (Lipinski definition) is 8. The van der Waals surface area contributed by atoms with Crippen LogP contribution in [0.3, 0.4) is 0 Å². The van der Waals surface area contributed by atoms with Gasteiger partial charge < -0.3 is 9.30 Å². The Kier molecular flexibility index (Phi) is 7.07. The molecule has 3 heterocycles. The predicted molar refractivity (Wildman–Crippen MR) is 137 cm³/mol. The lowest BCUT2D eigenvalue weighted by Gasteiger charge is -2.09. The normalized spacial score (nSPS) is 11.0. The Morgan fingerprint density at radius 3 is 2.24 bits per heavy atom. The third kappa shape index (κ3) is 5.43.